The average molecular weight is 402 g/mol. The Morgan fingerprint density at radius 1 is 1.28 bits per heavy atom. The second-order valence-electron chi connectivity index (χ2n) is 8.47. The summed E-state index contributed by atoms with van der Waals surface area (Å²) in [5.41, 5.74) is 2.11. The molecular formula is C22H26O7. The maximum absolute atomic E-state index is 12.6. The lowest BCUT2D eigenvalue weighted by molar-refractivity contribution is -0.166. The fourth-order valence-corrected chi connectivity index (χ4v) is 5.09. The Hall–Kier alpha value is -2.41. The molecule has 2 saturated heterocycles. The zero-order valence-corrected chi connectivity index (χ0v) is 17.3. The number of allylic oxidation sites excluding steroid dienone is 1. The van der Waals surface area contributed by atoms with E-state index in [0.29, 0.717) is 12.0 Å². The van der Waals surface area contributed by atoms with E-state index in [9.17, 15) is 14.4 Å². The van der Waals surface area contributed by atoms with Crippen LogP contribution in [0.25, 0.3) is 0 Å². The van der Waals surface area contributed by atoms with Crippen LogP contribution < -0.4 is 0 Å². The molecule has 29 heavy (non-hydrogen) atoms. The largest absolute Gasteiger partial charge is 0.457 e. The van der Waals surface area contributed by atoms with E-state index >= 15 is 0 Å². The summed E-state index contributed by atoms with van der Waals surface area (Å²) in [4.78, 5) is 37.0. The van der Waals surface area contributed by atoms with E-state index in [2.05, 4.69) is 6.58 Å². The lowest BCUT2D eigenvalue weighted by atomic mass is 9.80. The van der Waals surface area contributed by atoms with Crippen molar-refractivity contribution >= 4 is 17.9 Å². The van der Waals surface area contributed by atoms with E-state index in [1.165, 1.54) is 6.92 Å². The van der Waals surface area contributed by atoms with Crippen LogP contribution in [0.3, 0.4) is 0 Å². The standard InChI is InChI=1S/C22H26O7/c1-7-9(2)20(24)27-17-10(3)13-8-14-22(6,29-14)16(13)18-15(11(4)21(25)28-18)19(17)26-12(5)23/h7,14-19H,4,8H2,1-3,5-6H3/b9-7+/t14-,15+,16+,17-,18+,19-,22-/m1/s1. The zero-order chi connectivity index (χ0) is 21.2. The molecule has 0 aromatic carbocycles. The van der Waals surface area contributed by atoms with Crippen molar-refractivity contribution in [3.05, 3.63) is 34.9 Å². The van der Waals surface area contributed by atoms with Crippen molar-refractivity contribution in [3.63, 3.8) is 0 Å². The van der Waals surface area contributed by atoms with Gasteiger partial charge in [-0.1, -0.05) is 18.2 Å². The maximum Gasteiger partial charge on any atom is 0.334 e. The topological polar surface area (TPSA) is 91.4 Å². The zero-order valence-electron chi connectivity index (χ0n) is 17.3. The van der Waals surface area contributed by atoms with Gasteiger partial charge in [-0.3, -0.25) is 4.79 Å². The van der Waals surface area contributed by atoms with E-state index in [1.54, 1.807) is 19.9 Å². The Bertz CT molecular complexity index is 882. The van der Waals surface area contributed by atoms with Crippen LogP contribution in [0.5, 0.6) is 0 Å². The van der Waals surface area contributed by atoms with Crippen LogP contribution in [-0.4, -0.2) is 47.9 Å². The number of carbonyl (C=O) groups excluding carboxylic acids is 3. The average Bonchev–Trinajstić information content (AvgIpc) is 3.12. The quantitative estimate of drug-likeness (QED) is 0.235. The monoisotopic (exact) mass is 402 g/mol. The molecule has 2 heterocycles. The Morgan fingerprint density at radius 2 is 1.97 bits per heavy atom. The van der Waals surface area contributed by atoms with Crippen molar-refractivity contribution in [1.82, 2.24) is 0 Å². The lowest BCUT2D eigenvalue weighted by Crippen LogP contribution is -2.45. The molecule has 2 aliphatic heterocycles. The number of ether oxygens (including phenoxy) is 4. The van der Waals surface area contributed by atoms with Gasteiger partial charge in [0, 0.05) is 24.0 Å². The van der Waals surface area contributed by atoms with Crippen LogP contribution in [0.15, 0.2) is 34.9 Å². The highest BCUT2D eigenvalue weighted by atomic mass is 16.6. The van der Waals surface area contributed by atoms with Gasteiger partial charge in [0.15, 0.2) is 12.2 Å². The molecule has 4 rings (SSSR count). The molecular weight excluding hydrogens is 376 g/mol. The molecule has 2 aliphatic carbocycles. The minimum atomic E-state index is -0.899. The summed E-state index contributed by atoms with van der Waals surface area (Å²) in [6.07, 6.45) is 0.0706. The van der Waals surface area contributed by atoms with Crippen molar-refractivity contribution in [2.24, 2.45) is 11.8 Å². The van der Waals surface area contributed by atoms with Gasteiger partial charge < -0.3 is 18.9 Å². The third kappa shape index (κ3) is 2.86. The van der Waals surface area contributed by atoms with E-state index in [4.69, 9.17) is 18.9 Å². The summed E-state index contributed by atoms with van der Waals surface area (Å²) in [5, 5.41) is 0. The molecule has 7 heteroatoms. The second kappa shape index (κ2) is 6.55. The van der Waals surface area contributed by atoms with Crippen molar-refractivity contribution in [2.45, 2.75) is 71.1 Å². The summed E-state index contributed by atoms with van der Waals surface area (Å²) in [6.45, 7) is 12.5. The van der Waals surface area contributed by atoms with Gasteiger partial charge in [-0.25, -0.2) is 9.59 Å². The van der Waals surface area contributed by atoms with Crippen molar-refractivity contribution < 1.29 is 33.3 Å². The minimum Gasteiger partial charge on any atom is -0.457 e. The number of esters is 3. The van der Waals surface area contributed by atoms with Gasteiger partial charge in [0.05, 0.1) is 12.0 Å². The molecule has 0 radical (unpaired) electrons. The molecule has 0 bridgehead atoms. The molecule has 0 unspecified atom stereocenters. The number of epoxide rings is 1. The molecule has 0 amide bonds. The molecule has 7 nitrogen and oxygen atoms in total. The van der Waals surface area contributed by atoms with Crippen LogP contribution in [0.2, 0.25) is 0 Å². The van der Waals surface area contributed by atoms with E-state index in [1.807, 2.05) is 13.8 Å². The van der Waals surface area contributed by atoms with Crippen LogP contribution in [0.1, 0.15) is 41.0 Å². The van der Waals surface area contributed by atoms with Crippen LogP contribution in [0.4, 0.5) is 0 Å². The normalized spacial score (nSPS) is 40.5. The first-order chi connectivity index (χ1) is 13.6. The van der Waals surface area contributed by atoms with Gasteiger partial charge in [-0.2, -0.15) is 0 Å². The number of rotatable bonds is 3. The van der Waals surface area contributed by atoms with Crippen LogP contribution in [0, 0.1) is 11.8 Å². The molecule has 156 valence electrons. The highest BCUT2D eigenvalue weighted by molar-refractivity contribution is 5.91. The molecule has 0 N–H and O–H groups in total. The molecule has 1 saturated carbocycles. The van der Waals surface area contributed by atoms with Gasteiger partial charge >= 0.3 is 17.9 Å². The number of hydrogen-bond donors (Lipinski definition) is 0. The van der Waals surface area contributed by atoms with Crippen LogP contribution in [-0.2, 0) is 33.3 Å². The minimum absolute atomic E-state index is 0.0459. The fraction of sp³-hybridized carbons (Fsp3) is 0.591. The highest BCUT2D eigenvalue weighted by Crippen LogP contribution is 2.62. The van der Waals surface area contributed by atoms with Gasteiger partial charge in [0.25, 0.3) is 0 Å². The molecule has 0 aromatic heterocycles. The number of hydrogen-bond acceptors (Lipinski definition) is 7. The third-order valence-corrected chi connectivity index (χ3v) is 6.84. The van der Waals surface area contributed by atoms with Crippen molar-refractivity contribution in [2.75, 3.05) is 0 Å². The second-order valence-corrected chi connectivity index (χ2v) is 8.47. The molecule has 0 aromatic rings. The van der Waals surface area contributed by atoms with Crippen molar-refractivity contribution in [1.29, 1.82) is 0 Å². The molecule has 0 spiro atoms. The van der Waals surface area contributed by atoms with Crippen molar-refractivity contribution in [3.8, 4) is 0 Å². The maximum atomic E-state index is 12.6. The van der Waals surface area contributed by atoms with E-state index < -0.39 is 47.7 Å². The SMILES string of the molecule is C=C1C(=O)O[C@H]2[C@H]1[C@@H](OC(C)=O)[C@H](OC(=O)/C(C)=C/C)C(C)=C1C[C@H]3O[C@@]3(C)[C@@H]12. The first kappa shape index (κ1) is 19.9. The number of carbonyl (C=O) groups is 3. The highest BCUT2D eigenvalue weighted by Gasteiger charge is 2.71. The molecule has 3 fully saturated rings. The fourth-order valence-electron chi connectivity index (χ4n) is 5.09. The van der Waals surface area contributed by atoms with Crippen LogP contribution >= 0.6 is 0 Å². The summed E-state index contributed by atoms with van der Waals surface area (Å²) >= 11 is 0. The van der Waals surface area contributed by atoms with Gasteiger partial charge in [-0.15, -0.1) is 0 Å². The lowest BCUT2D eigenvalue weighted by Gasteiger charge is -2.32. The predicted molar refractivity (Wildman–Crippen MR) is 101 cm³/mol. The first-order valence-corrected chi connectivity index (χ1v) is 9.88. The first-order valence-electron chi connectivity index (χ1n) is 9.88. The van der Waals surface area contributed by atoms with Gasteiger partial charge in [0.2, 0.25) is 0 Å². The molecule has 7 atom stereocenters. The van der Waals surface area contributed by atoms with Gasteiger partial charge in [0.1, 0.15) is 11.7 Å². The predicted octanol–water partition coefficient (Wildman–Crippen LogP) is 2.40. The third-order valence-electron chi connectivity index (χ3n) is 6.84. The Balaban J connectivity index is 1.84. The summed E-state index contributed by atoms with van der Waals surface area (Å²) in [6, 6.07) is 0. The van der Waals surface area contributed by atoms with E-state index in [0.717, 1.165) is 11.1 Å². The number of fused-ring (bicyclic) bond motifs is 5. The van der Waals surface area contributed by atoms with E-state index in [-0.39, 0.29) is 17.6 Å². The van der Waals surface area contributed by atoms with Gasteiger partial charge in [-0.05, 0) is 39.7 Å². The summed E-state index contributed by atoms with van der Waals surface area (Å²) in [7, 11) is 0. The summed E-state index contributed by atoms with van der Waals surface area (Å²) < 4.78 is 23.1. The smallest absolute Gasteiger partial charge is 0.334 e. The molecule has 4 aliphatic rings. The Kier molecular flexibility index (Phi) is 4.49. The Morgan fingerprint density at radius 3 is 2.59 bits per heavy atom. The Labute approximate surface area is 169 Å². The summed E-state index contributed by atoms with van der Waals surface area (Å²) in [5.74, 6) is -2.34.